The van der Waals surface area contributed by atoms with E-state index >= 15 is 0 Å². The summed E-state index contributed by atoms with van der Waals surface area (Å²) in [6.07, 6.45) is 3.15. The summed E-state index contributed by atoms with van der Waals surface area (Å²) in [5, 5.41) is 0.284. The highest BCUT2D eigenvalue weighted by atomic mass is 79.9. The van der Waals surface area contributed by atoms with Crippen LogP contribution in [0, 0.1) is 5.92 Å². The van der Waals surface area contributed by atoms with Gasteiger partial charge < -0.3 is 0 Å². The lowest BCUT2D eigenvalue weighted by Crippen LogP contribution is -2.37. The van der Waals surface area contributed by atoms with Crippen LogP contribution in [0.15, 0.2) is 27.6 Å². The predicted octanol–water partition coefficient (Wildman–Crippen LogP) is 3.28. The Balaban J connectivity index is 2.00. The van der Waals surface area contributed by atoms with Gasteiger partial charge in [0.2, 0.25) is 10.0 Å². The highest BCUT2D eigenvalue weighted by Gasteiger charge is 2.44. The van der Waals surface area contributed by atoms with E-state index < -0.39 is 10.0 Å². The van der Waals surface area contributed by atoms with Crippen LogP contribution in [0.1, 0.15) is 19.3 Å². The van der Waals surface area contributed by atoms with Crippen LogP contribution in [0.3, 0.4) is 0 Å². The van der Waals surface area contributed by atoms with E-state index in [4.69, 9.17) is 11.6 Å². The Morgan fingerprint density at radius 1 is 1.33 bits per heavy atom. The number of hydrogen-bond donors (Lipinski definition) is 0. The second-order valence-electron chi connectivity index (χ2n) is 4.98. The number of halogens is 2. The van der Waals surface area contributed by atoms with Gasteiger partial charge in [-0.3, -0.25) is 0 Å². The van der Waals surface area contributed by atoms with E-state index in [1.807, 2.05) is 0 Å². The van der Waals surface area contributed by atoms with Crippen LogP contribution < -0.4 is 0 Å². The van der Waals surface area contributed by atoms with Crippen LogP contribution in [0.2, 0.25) is 5.02 Å². The van der Waals surface area contributed by atoms with Gasteiger partial charge in [0.25, 0.3) is 0 Å². The van der Waals surface area contributed by atoms with E-state index in [0.29, 0.717) is 12.5 Å². The van der Waals surface area contributed by atoms with Crippen molar-refractivity contribution < 1.29 is 8.42 Å². The highest BCUT2D eigenvalue weighted by Crippen LogP contribution is 2.41. The zero-order chi connectivity index (χ0) is 12.9. The van der Waals surface area contributed by atoms with Gasteiger partial charge in [0, 0.05) is 17.1 Å². The molecule has 1 saturated carbocycles. The average Bonchev–Trinajstić information content (AvgIpc) is 2.90. The summed E-state index contributed by atoms with van der Waals surface area (Å²) in [5.74, 6) is 0.541. The Kier molecular flexibility index (Phi) is 3.21. The molecule has 1 aliphatic heterocycles. The van der Waals surface area contributed by atoms with Crippen molar-refractivity contribution in [3.8, 4) is 0 Å². The monoisotopic (exact) mass is 349 g/mol. The van der Waals surface area contributed by atoms with Gasteiger partial charge in [-0.15, -0.1) is 0 Å². The zero-order valence-electron chi connectivity index (χ0n) is 9.64. The van der Waals surface area contributed by atoms with E-state index in [1.54, 1.807) is 22.5 Å². The molecular formula is C12H13BrClNO2S. The molecule has 3 nitrogen and oxygen atoms in total. The lowest BCUT2D eigenvalue weighted by molar-refractivity contribution is 0.333. The quantitative estimate of drug-likeness (QED) is 0.821. The van der Waals surface area contributed by atoms with Crippen LogP contribution in [-0.2, 0) is 10.0 Å². The summed E-state index contributed by atoms with van der Waals surface area (Å²) in [7, 11) is -3.44. The molecule has 2 unspecified atom stereocenters. The number of piperidine rings is 1. The Bertz CT molecular complexity index is 590. The Morgan fingerprint density at radius 3 is 2.67 bits per heavy atom. The third-order valence-corrected chi connectivity index (χ3v) is 6.73. The molecular weight excluding hydrogens is 338 g/mol. The summed E-state index contributed by atoms with van der Waals surface area (Å²) in [6, 6.07) is 5.10. The number of fused-ring (bicyclic) bond motifs is 2. The van der Waals surface area contributed by atoms with E-state index in [0.717, 1.165) is 23.7 Å². The van der Waals surface area contributed by atoms with Crippen LogP contribution in [0.25, 0.3) is 0 Å². The minimum absolute atomic E-state index is 0.180. The van der Waals surface area contributed by atoms with Crippen molar-refractivity contribution >= 4 is 37.6 Å². The predicted molar refractivity (Wildman–Crippen MR) is 74.2 cm³/mol. The second-order valence-corrected chi connectivity index (χ2v) is 8.16. The van der Waals surface area contributed by atoms with Gasteiger partial charge in [0.15, 0.2) is 0 Å². The van der Waals surface area contributed by atoms with E-state index in [2.05, 4.69) is 15.9 Å². The lowest BCUT2D eigenvalue weighted by Gasteiger charge is -2.26. The number of sulfonamides is 1. The van der Waals surface area contributed by atoms with Crippen molar-refractivity contribution in [3.63, 3.8) is 0 Å². The largest absolute Gasteiger partial charge is 0.244 e. The van der Waals surface area contributed by atoms with Crippen molar-refractivity contribution in [1.82, 2.24) is 4.31 Å². The SMILES string of the molecule is O=S(=O)(c1ccc(Br)cc1Cl)N1CC2CCC1C2. The number of hydrogen-bond acceptors (Lipinski definition) is 2. The minimum Gasteiger partial charge on any atom is -0.207 e. The molecule has 1 saturated heterocycles. The van der Waals surface area contributed by atoms with Crippen molar-refractivity contribution in [2.75, 3.05) is 6.54 Å². The molecule has 0 amide bonds. The van der Waals surface area contributed by atoms with Crippen LogP contribution >= 0.6 is 27.5 Å². The molecule has 1 aromatic carbocycles. The molecule has 1 aliphatic carbocycles. The van der Waals surface area contributed by atoms with E-state index in [1.165, 1.54) is 0 Å². The summed E-state index contributed by atoms with van der Waals surface area (Å²) < 4.78 is 27.6. The number of rotatable bonds is 2. The van der Waals surface area contributed by atoms with Gasteiger partial charge in [-0.25, -0.2) is 8.42 Å². The maximum absolute atomic E-state index is 12.6. The first-order valence-electron chi connectivity index (χ1n) is 5.95. The first-order chi connectivity index (χ1) is 8.48. The maximum Gasteiger partial charge on any atom is 0.244 e. The molecule has 3 rings (SSSR count). The van der Waals surface area contributed by atoms with Crippen LogP contribution in [-0.4, -0.2) is 25.3 Å². The van der Waals surface area contributed by atoms with E-state index in [-0.39, 0.29) is 16.0 Å². The first-order valence-corrected chi connectivity index (χ1v) is 8.56. The molecule has 18 heavy (non-hydrogen) atoms. The number of benzene rings is 1. The molecule has 1 aromatic rings. The molecule has 0 aromatic heterocycles. The number of nitrogens with zero attached hydrogens (tertiary/aromatic N) is 1. The van der Waals surface area contributed by atoms with Crippen LogP contribution in [0.4, 0.5) is 0 Å². The van der Waals surface area contributed by atoms with Gasteiger partial charge in [-0.2, -0.15) is 4.31 Å². The normalized spacial score (nSPS) is 27.9. The molecule has 0 N–H and O–H groups in total. The fourth-order valence-corrected chi connectivity index (χ4v) is 5.74. The van der Waals surface area contributed by atoms with E-state index in [9.17, 15) is 8.42 Å². The molecule has 0 spiro atoms. The van der Waals surface area contributed by atoms with Gasteiger partial charge in [0.1, 0.15) is 4.90 Å². The van der Waals surface area contributed by atoms with Crippen molar-refractivity contribution in [2.45, 2.75) is 30.2 Å². The molecule has 2 fully saturated rings. The summed E-state index contributed by atoms with van der Waals surface area (Å²) in [4.78, 5) is 0.222. The van der Waals surface area contributed by atoms with Crippen molar-refractivity contribution in [3.05, 3.63) is 27.7 Å². The summed E-state index contributed by atoms with van der Waals surface area (Å²) in [6.45, 7) is 0.652. The lowest BCUT2D eigenvalue weighted by atomic mass is 10.1. The van der Waals surface area contributed by atoms with Crippen molar-refractivity contribution in [1.29, 1.82) is 0 Å². The van der Waals surface area contributed by atoms with Crippen LogP contribution in [0.5, 0.6) is 0 Å². The minimum atomic E-state index is -3.44. The third kappa shape index (κ3) is 2.01. The zero-order valence-corrected chi connectivity index (χ0v) is 12.8. The third-order valence-electron chi connectivity index (χ3n) is 3.84. The molecule has 2 bridgehead atoms. The molecule has 98 valence electrons. The summed E-state index contributed by atoms with van der Waals surface area (Å²) >= 11 is 9.35. The van der Waals surface area contributed by atoms with Gasteiger partial charge in [-0.05, 0) is 43.4 Å². The fourth-order valence-electron chi connectivity index (χ4n) is 2.98. The smallest absolute Gasteiger partial charge is 0.207 e. The first kappa shape index (κ1) is 12.9. The standard InChI is InChI=1S/C12H13BrClNO2S/c13-9-2-4-12(11(14)6-9)18(16,17)15-7-8-1-3-10(15)5-8/h2,4,6,8,10H,1,3,5,7H2. The average molecular weight is 351 g/mol. The van der Waals surface area contributed by atoms with Gasteiger partial charge >= 0.3 is 0 Å². The second kappa shape index (κ2) is 4.47. The molecule has 0 radical (unpaired) electrons. The topological polar surface area (TPSA) is 37.4 Å². The molecule has 2 aliphatic rings. The summed E-state index contributed by atoms with van der Waals surface area (Å²) in [5.41, 5.74) is 0. The molecule has 6 heteroatoms. The maximum atomic E-state index is 12.6. The Labute approximate surface area is 120 Å². The molecule has 2 atom stereocenters. The Hall–Kier alpha value is -0.100. The Morgan fingerprint density at radius 2 is 2.11 bits per heavy atom. The molecule has 1 heterocycles. The van der Waals surface area contributed by atoms with Crippen molar-refractivity contribution in [2.24, 2.45) is 5.92 Å². The fraction of sp³-hybridized carbons (Fsp3) is 0.500. The van der Waals surface area contributed by atoms with Gasteiger partial charge in [-0.1, -0.05) is 27.5 Å². The van der Waals surface area contributed by atoms with Gasteiger partial charge in [0.05, 0.1) is 5.02 Å². The highest BCUT2D eigenvalue weighted by molar-refractivity contribution is 9.10.